The zero-order valence-electron chi connectivity index (χ0n) is 13.2. The Kier molecular flexibility index (Phi) is 8.60. The number of alkyl halides is 6. The molecule has 0 aliphatic carbocycles. The maximum Gasteiger partial charge on any atom is 0.325 e. The molecule has 25 heavy (non-hydrogen) atoms. The van der Waals surface area contributed by atoms with Gasteiger partial charge in [0.1, 0.15) is 6.61 Å². The molecule has 0 saturated heterocycles. The number of carbonyl (C=O) groups excluding carboxylic acids is 1. The van der Waals surface area contributed by atoms with Crippen LogP contribution < -0.4 is 0 Å². The first kappa shape index (κ1) is 24.4. The molecular formula is C13H18F5INO4P. The molecule has 12 heteroatoms. The Morgan fingerprint density at radius 1 is 1.28 bits per heavy atom. The highest BCUT2D eigenvalue weighted by molar-refractivity contribution is 14.2. The summed E-state index contributed by atoms with van der Waals surface area (Å²) in [7, 11) is -4.44. The highest BCUT2D eigenvalue weighted by Crippen LogP contribution is 2.53. The summed E-state index contributed by atoms with van der Waals surface area (Å²) in [4.78, 5) is 20.8. The summed E-state index contributed by atoms with van der Waals surface area (Å²) in [6, 6.07) is 0. The lowest BCUT2D eigenvalue weighted by molar-refractivity contribution is -0.207. The number of halogens is 6. The maximum atomic E-state index is 14.7. The van der Waals surface area contributed by atoms with Crippen LogP contribution in [0.2, 0.25) is 0 Å². The Balaban J connectivity index is 5.72. The maximum absolute atomic E-state index is 14.7. The molecule has 2 atom stereocenters. The first-order valence-corrected chi connectivity index (χ1v) is 11.1. The van der Waals surface area contributed by atoms with Gasteiger partial charge in [-0.25, -0.2) is 4.39 Å². The Morgan fingerprint density at radius 3 is 2.16 bits per heavy atom. The molecule has 0 rings (SSSR count). The van der Waals surface area contributed by atoms with Crippen LogP contribution in [0.4, 0.5) is 22.0 Å². The third-order valence-electron chi connectivity index (χ3n) is 2.81. The first-order chi connectivity index (χ1) is 11.2. The average Bonchev–Trinajstić information content (AvgIpc) is 2.49. The predicted molar refractivity (Wildman–Crippen MR) is 93.5 cm³/mol. The fourth-order valence-corrected chi connectivity index (χ4v) is 3.45. The Labute approximate surface area is 151 Å². The number of rotatable bonds is 11. The minimum Gasteiger partial charge on any atom is -0.329 e. The second-order valence-corrected chi connectivity index (χ2v) is 9.02. The Morgan fingerprint density at radius 2 is 1.80 bits per heavy atom. The molecule has 0 heterocycles. The van der Waals surface area contributed by atoms with Gasteiger partial charge in [0.25, 0.3) is 3.68 Å². The van der Waals surface area contributed by atoms with Crippen molar-refractivity contribution in [1.29, 1.82) is 0 Å². The molecular weight excluding hydrogens is 487 g/mol. The summed E-state index contributed by atoms with van der Waals surface area (Å²) in [5.74, 6) is -10.5. The van der Waals surface area contributed by atoms with E-state index in [1.165, 1.54) is 0 Å². The van der Waals surface area contributed by atoms with E-state index < -0.39 is 69.5 Å². The van der Waals surface area contributed by atoms with E-state index in [2.05, 4.69) is 22.2 Å². The van der Waals surface area contributed by atoms with E-state index in [1.807, 2.05) is 0 Å². The predicted octanol–water partition coefficient (Wildman–Crippen LogP) is 3.36. The third-order valence-corrected chi connectivity index (χ3v) is 6.05. The van der Waals surface area contributed by atoms with E-state index in [-0.39, 0.29) is 0 Å². The monoisotopic (exact) mass is 505 g/mol. The molecule has 0 aromatic rings. The molecule has 0 fully saturated rings. The van der Waals surface area contributed by atoms with Crippen LogP contribution in [0.15, 0.2) is 25.3 Å². The largest absolute Gasteiger partial charge is 0.329 e. The van der Waals surface area contributed by atoms with Gasteiger partial charge in [-0.1, -0.05) is 37.9 Å². The van der Waals surface area contributed by atoms with Crippen LogP contribution in [-0.4, -0.2) is 62.1 Å². The highest BCUT2D eigenvalue weighted by Gasteiger charge is 2.69. The molecule has 0 aliphatic heterocycles. The molecule has 0 aromatic carbocycles. The molecule has 0 bridgehead atoms. The van der Waals surface area contributed by atoms with Crippen molar-refractivity contribution in [1.82, 2.24) is 4.90 Å². The quantitative estimate of drug-likeness (QED) is 0.117. The fourth-order valence-electron chi connectivity index (χ4n) is 1.61. The van der Waals surface area contributed by atoms with Gasteiger partial charge in [-0.2, -0.15) is 17.6 Å². The second kappa shape index (κ2) is 8.83. The molecule has 5 nitrogen and oxygen atoms in total. The summed E-state index contributed by atoms with van der Waals surface area (Å²) >= 11 is -2.69. The summed E-state index contributed by atoms with van der Waals surface area (Å²) in [5.41, 5.74) is 0. The van der Waals surface area contributed by atoms with Crippen molar-refractivity contribution >= 4 is 38.7 Å². The highest BCUT2D eigenvalue weighted by atomic mass is 127. The van der Waals surface area contributed by atoms with Crippen LogP contribution in [0, 0.1) is 0 Å². The first-order valence-electron chi connectivity index (χ1n) is 6.48. The SMILES string of the molecule is C=CCN(CC(F)(F)C(F)(I=C)C(F)(F)COP(C)(=O)O)C(=O)C=C. The topological polar surface area (TPSA) is 66.8 Å². The summed E-state index contributed by atoms with van der Waals surface area (Å²) in [6.45, 7) is 2.72. The van der Waals surface area contributed by atoms with E-state index in [1.54, 1.807) is 0 Å². The van der Waals surface area contributed by atoms with Crippen molar-refractivity contribution in [2.45, 2.75) is 15.5 Å². The van der Waals surface area contributed by atoms with Crippen LogP contribution in [-0.2, 0) is 13.9 Å². The molecule has 0 radical (unpaired) electrons. The van der Waals surface area contributed by atoms with E-state index >= 15 is 0 Å². The van der Waals surface area contributed by atoms with E-state index in [0.717, 1.165) is 6.08 Å². The smallest absolute Gasteiger partial charge is 0.325 e. The number of carbonyl (C=O) groups is 1. The molecule has 0 aromatic heterocycles. The van der Waals surface area contributed by atoms with Gasteiger partial charge in [0.05, 0.1) is 6.54 Å². The van der Waals surface area contributed by atoms with Crippen molar-refractivity contribution < 1.29 is 40.7 Å². The number of hydrogen-bond donors (Lipinski definition) is 1. The number of nitrogens with zero attached hydrogens (tertiary/aromatic N) is 1. The minimum absolute atomic E-state index is 0.390. The van der Waals surface area contributed by atoms with Gasteiger partial charge >= 0.3 is 19.4 Å². The molecule has 0 aliphatic rings. The molecule has 146 valence electrons. The van der Waals surface area contributed by atoms with Gasteiger partial charge in [0, 0.05) is 13.2 Å². The van der Waals surface area contributed by atoms with E-state index in [9.17, 15) is 31.3 Å². The van der Waals surface area contributed by atoms with Gasteiger partial charge in [-0.15, -0.1) is 6.58 Å². The van der Waals surface area contributed by atoms with Crippen LogP contribution in [0.25, 0.3) is 0 Å². The third kappa shape index (κ3) is 6.22. The normalized spacial score (nSPS) is 17.2. The zero-order chi connectivity index (χ0) is 20.1. The Bertz CT molecular complexity index is 583. The van der Waals surface area contributed by atoms with Gasteiger partial charge in [0.15, 0.2) is 0 Å². The van der Waals surface area contributed by atoms with Gasteiger partial charge < -0.3 is 14.3 Å². The summed E-state index contributed by atoms with van der Waals surface area (Å²) in [6.07, 6.45) is 1.72. The molecule has 0 saturated carbocycles. The van der Waals surface area contributed by atoms with Crippen molar-refractivity contribution in [2.24, 2.45) is 0 Å². The van der Waals surface area contributed by atoms with E-state index in [4.69, 9.17) is 4.89 Å². The van der Waals surface area contributed by atoms with Gasteiger partial charge in [-0.3, -0.25) is 9.36 Å². The van der Waals surface area contributed by atoms with Crippen LogP contribution >= 0.6 is 28.3 Å². The van der Waals surface area contributed by atoms with Crippen molar-refractivity contribution in [2.75, 3.05) is 26.4 Å². The lowest BCUT2D eigenvalue weighted by Gasteiger charge is -2.38. The number of amides is 1. The lowest BCUT2D eigenvalue weighted by atomic mass is 10.1. The van der Waals surface area contributed by atoms with Gasteiger partial charge in [-0.05, 0) is 6.08 Å². The summed E-state index contributed by atoms with van der Waals surface area (Å²) < 4.78 is 84.8. The van der Waals surface area contributed by atoms with E-state index in [0.29, 0.717) is 17.6 Å². The molecule has 1 N–H and O–H groups in total. The van der Waals surface area contributed by atoms with Crippen LogP contribution in [0.5, 0.6) is 0 Å². The van der Waals surface area contributed by atoms with Crippen LogP contribution in [0.3, 0.4) is 0 Å². The van der Waals surface area contributed by atoms with Gasteiger partial charge in [0.2, 0.25) is 5.91 Å². The Hall–Kier alpha value is -0.650. The minimum atomic E-state index is -4.81. The zero-order valence-corrected chi connectivity index (χ0v) is 16.3. The molecule has 2 unspecified atom stereocenters. The fraction of sp³-hybridized carbons (Fsp3) is 0.538. The molecule has 1 amide bonds. The molecule has 0 spiro atoms. The second-order valence-electron chi connectivity index (χ2n) is 4.90. The van der Waals surface area contributed by atoms with Crippen molar-refractivity contribution in [3.8, 4) is 0 Å². The average molecular weight is 505 g/mol. The standard InChI is InChI=1S/C13H18F5INO4P/c1-5-7-20(10(21)6-2)8-11(14,15)13(18,19-3)12(16,17)9-24-25(4,22)23/h5-6H,1-3,7-9H2,4H3,(H,22,23). The lowest BCUT2D eigenvalue weighted by Crippen LogP contribution is -2.59. The summed E-state index contributed by atoms with van der Waals surface area (Å²) in [5, 5.41) is 0. The number of hydrogen-bond acceptors (Lipinski definition) is 3. The van der Waals surface area contributed by atoms with Crippen molar-refractivity contribution in [3.05, 3.63) is 25.3 Å². The van der Waals surface area contributed by atoms with Crippen molar-refractivity contribution in [3.63, 3.8) is 0 Å². The van der Waals surface area contributed by atoms with Crippen LogP contribution in [0.1, 0.15) is 0 Å².